The van der Waals surface area contributed by atoms with Crippen molar-refractivity contribution in [3.8, 4) is 11.1 Å². The maximum Gasteiger partial charge on any atom is 0.255 e. The molecule has 2 aliphatic rings. The van der Waals surface area contributed by atoms with E-state index in [2.05, 4.69) is 46.9 Å². The van der Waals surface area contributed by atoms with Gasteiger partial charge in [-0.25, -0.2) is 4.98 Å². The van der Waals surface area contributed by atoms with E-state index in [0.717, 1.165) is 27.9 Å². The lowest BCUT2D eigenvalue weighted by Gasteiger charge is -2.29. The molecule has 0 aliphatic carbocycles. The molecule has 2 aromatic carbocycles. The van der Waals surface area contributed by atoms with Gasteiger partial charge in [-0.1, -0.05) is 36.4 Å². The van der Waals surface area contributed by atoms with Gasteiger partial charge in [-0.05, 0) is 53.8 Å². The summed E-state index contributed by atoms with van der Waals surface area (Å²) in [6.45, 7) is 3.18. The normalized spacial score (nSPS) is 18.2. The summed E-state index contributed by atoms with van der Waals surface area (Å²) in [5.74, 6) is -0.861. The van der Waals surface area contributed by atoms with Crippen molar-refractivity contribution in [3.63, 3.8) is 0 Å². The highest BCUT2D eigenvalue weighted by Crippen LogP contribution is 2.33. The fraction of sp³-hybridized carbons (Fsp3) is 0.241. The Labute approximate surface area is 214 Å². The van der Waals surface area contributed by atoms with Crippen LogP contribution in [0.25, 0.3) is 16.8 Å². The standard InChI is InChI=1S/C29H27N5O3/c1-18(20-5-3-2-4-6-20)31-15-19-13-24(27-30-11-12-33(27)16-19)21-7-8-23-22(14-21)17-34(29(23)37)25-9-10-26(35)32-28(25)36/h2-8,11-14,16,18,25,31H,9-10,15,17H2,1H3,(H,32,35,36). The summed E-state index contributed by atoms with van der Waals surface area (Å²) < 4.78 is 2.02. The SMILES string of the molecule is CC(NCc1cc(-c2ccc3c(c2)CN(C2CCC(=O)NC2=O)C3=O)c2nccn2c1)c1ccccc1. The number of aromatic nitrogens is 2. The van der Waals surface area contributed by atoms with Gasteiger partial charge >= 0.3 is 0 Å². The first-order valence-electron chi connectivity index (χ1n) is 12.5. The predicted octanol–water partition coefficient (Wildman–Crippen LogP) is 3.61. The molecular weight excluding hydrogens is 466 g/mol. The zero-order valence-corrected chi connectivity index (χ0v) is 20.5. The number of amides is 3. The van der Waals surface area contributed by atoms with Crippen molar-refractivity contribution in [2.45, 2.75) is 44.9 Å². The minimum Gasteiger partial charge on any atom is -0.322 e. The van der Waals surface area contributed by atoms with Gasteiger partial charge in [0.15, 0.2) is 0 Å². The number of benzene rings is 2. The van der Waals surface area contributed by atoms with Gasteiger partial charge in [-0.2, -0.15) is 0 Å². The van der Waals surface area contributed by atoms with Crippen molar-refractivity contribution in [2.75, 3.05) is 0 Å². The van der Waals surface area contributed by atoms with Crippen LogP contribution in [-0.4, -0.2) is 38.0 Å². The molecule has 2 atom stereocenters. The molecule has 1 fully saturated rings. The van der Waals surface area contributed by atoms with Crippen LogP contribution in [0.3, 0.4) is 0 Å². The second kappa shape index (κ2) is 9.29. The molecule has 3 amide bonds. The third kappa shape index (κ3) is 4.29. The van der Waals surface area contributed by atoms with Crippen molar-refractivity contribution in [2.24, 2.45) is 0 Å². The summed E-state index contributed by atoms with van der Waals surface area (Å²) in [5.41, 5.74) is 6.60. The quantitative estimate of drug-likeness (QED) is 0.400. The molecule has 0 saturated carbocycles. The molecule has 37 heavy (non-hydrogen) atoms. The van der Waals surface area contributed by atoms with Crippen LogP contribution in [0.1, 0.15) is 52.9 Å². The van der Waals surface area contributed by atoms with E-state index in [1.807, 2.05) is 47.0 Å². The first-order valence-corrected chi connectivity index (χ1v) is 12.5. The number of imide groups is 1. The number of fused-ring (bicyclic) bond motifs is 2. The summed E-state index contributed by atoms with van der Waals surface area (Å²) in [5, 5.41) is 5.96. The Bertz CT molecular complexity index is 1530. The molecule has 0 spiro atoms. The minimum atomic E-state index is -0.624. The van der Waals surface area contributed by atoms with E-state index < -0.39 is 11.9 Å². The van der Waals surface area contributed by atoms with Crippen LogP contribution in [-0.2, 0) is 22.7 Å². The van der Waals surface area contributed by atoms with Gasteiger partial charge in [0.1, 0.15) is 11.7 Å². The topological polar surface area (TPSA) is 95.8 Å². The van der Waals surface area contributed by atoms with Crippen LogP contribution < -0.4 is 10.6 Å². The lowest BCUT2D eigenvalue weighted by atomic mass is 10.00. The van der Waals surface area contributed by atoms with Crippen LogP contribution in [0.15, 0.2) is 73.2 Å². The molecule has 0 radical (unpaired) electrons. The molecule has 2 unspecified atom stereocenters. The Morgan fingerprint density at radius 2 is 1.92 bits per heavy atom. The number of carbonyl (C=O) groups excluding carboxylic acids is 3. The Morgan fingerprint density at radius 3 is 2.73 bits per heavy atom. The van der Waals surface area contributed by atoms with Crippen LogP contribution in [0.5, 0.6) is 0 Å². The van der Waals surface area contributed by atoms with Crippen molar-refractivity contribution in [3.05, 3.63) is 95.4 Å². The van der Waals surface area contributed by atoms with Gasteiger partial charge in [0.25, 0.3) is 5.91 Å². The van der Waals surface area contributed by atoms with Crippen molar-refractivity contribution >= 4 is 23.4 Å². The van der Waals surface area contributed by atoms with Crippen molar-refractivity contribution in [1.82, 2.24) is 24.9 Å². The molecule has 4 heterocycles. The lowest BCUT2D eigenvalue weighted by molar-refractivity contribution is -0.136. The first kappa shape index (κ1) is 23.1. The number of hydrogen-bond donors (Lipinski definition) is 2. The number of piperidine rings is 1. The molecule has 8 nitrogen and oxygen atoms in total. The molecule has 186 valence electrons. The molecule has 4 aromatic rings. The number of hydrogen-bond acceptors (Lipinski definition) is 5. The molecule has 2 aliphatic heterocycles. The van der Waals surface area contributed by atoms with Crippen LogP contribution in [0.2, 0.25) is 0 Å². The zero-order valence-electron chi connectivity index (χ0n) is 20.5. The van der Waals surface area contributed by atoms with Crippen molar-refractivity contribution in [1.29, 1.82) is 0 Å². The third-order valence-corrected chi connectivity index (χ3v) is 7.29. The van der Waals surface area contributed by atoms with Gasteiger partial charge < -0.3 is 14.6 Å². The first-order chi connectivity index (χ1) is 18.0. The second-order valence-corrected chi connectivity index (χ2v) is 9.71. The largest absolute Gasteiger partial charge is 0.322 e. The molecule has 2 N–H and O–H groups in total. The number of nitrogens with zero attached hydrogens (tertiary/aromatic N) is 3. The Balaban J connectivity index is 1.27. The fourth-order valence-electron chi connectivity index (χ4n) is 5.27. The minimum absolute atomic E-state index is 0.171. The monoisotopic (exact) mass is 493 g/mol. The summed E-state index contributed by atoms with van der Waals surface area (Å²) in [6.07, 6.45) is 6.39. The molecule has 8 heteroatoms. The van der Waals surface area contributed by atoms with Crippen LogP contribution in [0, 0.1) is 0 Å². The summed E-state index contributed by atoms with van der Waals surface area (Å²) in [6, 6.07) is 17.9. The fourth-order valence-corrected chi connectivity index (χ4v) is 5.27. The summed E-state index contributed by atoms with van der Waals surface area (Å²) in [4.78, 5) is 43.2. The van der Waals surface area contributed by atoms with E-state index in [9.17, 15) is 14.4 Å². The molecule has 2 aromatic heterocycles. The Morgan fingerprint density at radius 1 is 1.08 bits per heavy atom. The van der Waals surface area contributed by atoms with E-state index in [1.165, 1.54) is 5.56 Å². The predicted molar refractivity (Wildman–Crippen MR) is 138 cm³/mol. The maximum atomic E-state index is 13.1. The average molecular weight is 494 g/mol. The van der Waals surface area contributed by atoms with E-state index in [1.54, 1.807) is 11.1 Å². The second-order valence-electron chi connectivity index (χ2n) is 9.71. The molecule has 0 bridgehead atoms. The van der Waals surface area contributed by atoms with E-state index >= 15 is 0 Å². The third-order valence-electron chi connectivity index (χ3n) is 7.29. The van der Waals surface area contributed by atoms with Gasteiger partial charge in [-0.3, -0.25) is 19.7 Å². The summed E-state index contributed by atoms with van der Waals surface area (Å²) in [7, 11) is 0. The number of nitrogens with one attached hydrogen (secondary N) is 2. The number of rotatable bonds is 6. The molecule has 1 saturated heterocycles. The zero-order chi connectivity index (χ0) is 25.5. The number of pyridine rings is 1. The van der Waals surface area contributed by atoms with Crippen LogP contribution in [0.4, 0.5) is 0 Å². The van der Waals surface area contributed by atoms with E-state index in [4.69, 9.17) is 0 Å². The number of imidazole rings is 1. The van der Waals surface area contributed by atoms with Gasteiger partial charge in [0.2, 0.25) is 11.8 Å². The van der Waals surface area contributed by atoms with Gasteiger partial charge in [0.05, 0.1) is 0 Å². The van der Waals surface area contributed by atoms with Crippen LogP contribution >= 0.6 is 0 Å². The van der Waals surface area contributed by atoms with Crippen molar-refractivity contribution < 1.29 is 14.4 Å². The van der Waals surface area contributed by atoms with E-state index in [-0.39, 0.29) is 24.3 Å². The lowest BCUT2D eigenvalue weighted by Crippen LogP contribution is -2.52. The van der Waals surface area contributed by atoms with Gasteiger partial charge in [0, 0.05) is 55.3 Å². The smallest absolute Gasteiger partial charge is 0.255 e. The highest BCUT2D eigenvalue weighted by Gasteiger charge is 2.39. The highest BCUT2D eigenvalue weighted by atomic mass is 16.2. The molecular formula is C29H27N5O3. The summed E-state index contributed by atoms with van der Waals surface area (Å²) >= 11 is 0. The van der Waals surface area contributed by atoms with Gasteiger partial charge in [-0.15, -0.1) is 0 Å². The number of carbonyl (C=O) groups is 3. The Hall–Kier alpha value is -4.30. The average Bonchev–Trinajstić information content (AvgIpc) is 3.51. The van der Waals surface area contributed by atoms with E-state index in [0.29, 0.717) is 25.1 Å². The Kier molecular flexibility index (Phi) is 5.81. The highest BCUT2D eigenvalue weighted by molar-refractivity contribution is 6.05. The maximum absolute atomic E-state index is 13.1. The molecule has 6 rings (SSSR count).